The lowest BCUT2D eigenvalue weighted by atomic mass is 9.83. The van der Waals surface area contributed by atoms with Gasteiger partial charge in [-0.1, -0.05) is 231 Å². The van der Waals surface area contributed by atoms with Crippen LogP contribution in [0.3, 0.4) is 0 Å². The summed E-state index contributed by atoms with van der Waals surface area (Å²) in [4.78, 5) is 92.1. The van der Waals surface area contributed by atoms with E-state index in [0.717, 1.165) is 0 Å². The number of rotatable bonds is 31. The van der Waals surface area contributed by atoms with E-state index in [4.69, 9.17) is 66.3 Å². The molecule has 5 saturated heterocycles. The number of amides is 6. The maximum Gasteiger partial charge on any atom is 0.412 e. The molecule has 1 saturated carbocycles. The number of alkyl halides is 1. The van der Waals surface area contributed by atoms with Gasteiger partial charge in [-0.05, 0) is 46.2 Å². The molecule has 0 spiro atoms. The molecule has 7 aromatic rings. The Labute approximate surface area is 689 Å². The topological polar surface area (TPSA) is 436 Å². The predicted molar refractivity (Wildman–Crippen MR) is 417 cm³/mol. The van der Waals surface area contributed by atoms with Crippen LogP contribution in [0.1, 0.15) is 77.6 Å². The molecule has 6 fully saturated rings. The smallest absolute Gasteiger partial charge is 0.412 e. The lowest BCUT2D eigenvalue weighted by Gasteiger charge is -2.52. The van der Waals surface area contributed by atoms with Crippen molar-refractivity contribution >= 4 is 36.4 Å². The number of hydrogen-bond donors (Lipinski definition) is 9. The zero-order valence-corrected chi connectivity index (χ0v) is 65.2. The third-order valence-corrected chi connectivity index (χ3v) is 21.1. The minimum Gasteiger partial charge on any atom is -0.445 e. The fraction of sp³-hybridized carbons (Fsp3) is 0.435. The van der Waals surface area contributed by atoms with E-state index < -0.39 is 204 Å². The highest BCUT2D eigenvalue weighted by atomic mass is 19.1. The Morgan fingerprint density at radius 2 is 0.875 bits per heavy atom. The van der Waals surface area contributed by atoms with E-state index >= 15 is 4.39 Å². The molecule has 35 heteroatoms. The van der Waals surface area contributed by atoms with E-state index in [1.165, 1.54) is 9.80 Å². The summed E-state index contributed by atoms with van der Waals surface area (Å²) in [7, 11) is 0. The highest BCUT2D eigenvalue weighted by Gasteiger charge is 2.60. The van der Waals surface area contributed by atoms with Crippen molar-refractivity contribution in [2.24, 2.45) is 5.11 Å². The van der Waals surface area contributed by atoms with Crippen LogP contribution in [0.5, 0.6) is 0 Å². The first-order valence-corrected chi connectivity index (χ1v) is 39.5. The first kappa shape index (κ1) is 86.9. The van der Waals surface area contributed by atoms with E-state index in [0.29, 0.717) is 51.8 Å². The number of ether oxygens (including phenoxy) is 14. The molecular weight excluding hydrogens is 1570 g/mol. The molecule has 2 unspecified atom stereocenters. The van der Waals surface area contributed by atoms with Crippen LogP contribution in [-0.4, -0.2) is 233 Å². The minimum atomic E-state index is -2.28. The summed E-state index contributed by atoms with van der Waals surface area (Å²) in [5, 5.41) is 77.4. The molecule has 120 heavy (non-hydrogen) atoms. The number of benzene rings is 7. The quantitative estimate of drug-likeness (QED) is 0.00656. The van der Waals surface area contributed by atoms with Crippen LogP contribution in [0.4, 0.5) is 28.4 Å². The number of unbranched alkanes of at least 4 members (excludes halogenated alkanes) is 1. The van der Waals surface area contributed by atoms with Crippen LogP contribution in [-0.2, 0) is 104 Å². The Morgan fingerprint density at radius 3 is 1.28 bits per heavy atom. The molecule has 1 aliphatic carbocycles. The number of hydrogen-bond acceptors (Lipinski definition) is 26. The van der Waals surface area contributed by atoms with Gasteiger partial charge in [-0.3, -0.25) is 14.6 Å². The van der Waals surface area contributed by atoms with Crippen molar-refractivity contribution in [3.8, 4) is 0 Å². The van der Waals surface area contributed by atoms with Gasteiger partial charge in [0.2, 0.25) is 0 Å². The van der Waals surface area contributed by atoms with Gasteiger partial charge in [0.05, 0.1) is 38.3 Å². The normalized spacial score (nSPS) is 28.7. The summed E-state index contributed by atoms with van der Waals surface area (Å²) in [5.74, 6) is -1.19. The Hall–Kier alpha value is -11.0. The van der Waals surface area contributed by atoms with Crippen molar-refractivity contribution in [3.63, 3.8) is 0 Å². The summed E-state index contributed by atoms with van der Waals surface area (Å²) >= 11 is 0. The van der Waals surface area contributed by atoms with Crippen LogP contribution < -0.4 is 21.3 Å². The Balaban J connectivity index is 0.860. The van der Waals surface area contributed by atoms with Crippen molar-refractivity contribution in [3.05, 3.63) is 262 Å². The van der Waals surface area contributed by atoms with E-state index in [-0.39, 0.29) is 46.2 Å². The molecule has 23 atom stereocenters. The summed E-state index contributed by atoms with van der Waals surface area (Å²) < 4.78 is 105. The molecule has 5 aliphatic heterocycles. The average molecular weight is 1660 g/mol. The zero-order valence-electron chi connectivity index (χ0n) is 65.2. The summed E-state index contributed by atoms with van der Waals surface area (Å²) in [6.45, 7) is -2.20. The predicted octanol–water partition coefficient (Wildman–Crippen LogP) is 7.83. The minimum absolute atomic E-state index is 0.155. The molecule has 5 heterocycles. The van der Waals surface area contributed by atoms with Gasteiger partial charge in [0.15, 0.2) is 37.4 Å². The molecule has 0 radical (unpaired) electrons. The first-order chi connectivity index (χ1) is 58.4. The van der Waals surface area contributed by atoms with Crippen molar-refractivity contribution < 1.29 is 125 Å². The number of nitrogens with zero attached hydrogens (tertiary/aromatic N) is 5. The monoisotopic (exact) mass is 1660 g/mol. The van der Waals surface area contributed by atoms with Crippen molar-refractivity contribution in [1.29, 1.82) is 0 Å². The van der Waals surface area contributed by atoms with Gasteiger partial charge in [-0.15, -0.1) is 0 Å². The maximum atomic E-state index is 16.3. The molecule has 13 rings (SSSR count). The van der Waals surface area contributed by atoms with Gasteiger partial charge in [-0.2, -0.15) is 0 Å². The van der Waals surface area contributed by atoms with Crippen LogP contribution in [0.15, 0.2) is 217 Å². The number of nitrogens with one attached hydrogen (secondary N) is 4. The summed E-state index contributed by atoms with van der Waals surface area (Å²) in [6.07, 6.45) is -38.8. The summed E-state index contributed by atoms with van der Waals surface area (Å²) in [5.41, 5.74) is 13.1. The third-order valence-electron chi connectivity index (χ3n) is 21.1. The highest BCUT2D eigenvalue weighted by molar-refractivity contribution is 5.82. The average Bonchev–Trinajstić information content (AvgIpc) is 1.06. The van der Waals surface area contributed by atoms with Gasteiger partial charge in [0, 0.05) is 22.6 Å². The molecule has 638 valence electrons. The molecule has 6 amide bonds. The van der Waals surface area contributed by atoms with Crippen molar-refractivity contribution in [1.82, 2.24) is 31.1 Å². The van der Waals surface area contributed by atoms with Gasteiger partial charge >= 0.3 is 30.5 Å². The fourth-order valence-electron chi connectivity index (χ4n) is 15.0. The molecular formula is C85H96FN9O25. The second kappa shape index (κ2) is 42.3. The van der Waals surface area contributed by atoms with Gasteiger partial charge in [-0.25, -0.2) is 28.4 Å². The van der Waals surface area contributed by atoms with Gasteiger partial charge < -0.3 is 113 Å². The number of alkyl carbamates (subject to hydrolysis) is 3. The van der Waals surface area contributed by atoms with Gasteiger partial charge in [0.25, 0.3) is 5.91 Å². The third kappa shape index (κ3) is 22.2. The van der Waals surface area contributed by atoms with Crippen LogP contribution >= 0.6 is 0 Å². The van der Waals surface area contributed by atoms with Gasteiger partial charge in [0.1, 0.15) is 125 Å². The number of carbonyl (C=O) groups excluding carboxylic acids is 6. The number of azide groups is 1. The Morgan fingerprint density at radius 1 is 0.483 bits per heavy atom. The SMILES string of the molecule is CCCCO[C@H](C(=O)N[C@@H]1C[C@H](NC(=O)OCc2ccccc2)[C@@H](O[C@H]2O[C@@H]3CN(C(=O)OCc4ccccc4)C(c4ccccc4)O[C@H]3[C@@H](O)[C@H]2NC(=O)OCc2ccccc2)[C@H](O[C@@H]2O[C@H](CO)[C@@H](O[C@H]3O[C@H]4CN(C(=O)OCc5ccccc5)C(c5ccccc5)O[C@H]4[C@H](O)[C@H]3NC(=O)OCc3ccccc3)[C@H]2O)[C@H]1O)[C@H](F)CN=[N+]=[N-]. The Bertz CT molecular complexity index is 4480. The van der Waals surface area contributed by atoms with Crippen molar-refractivity contribution in [2.75, 3.05) is 32.8 Å². The van der Waals surface area contributed by atoms with Crippen LogP contribution in [0.2, 0.25) is 0 Å². The van der Waals surface area contributed by atoms with Crippen LogP contribution in [0.25, 0.3) is 10.4 Å². The number of aliphatic hydroxyl groups excluding tert-OH is 5. The maximum absolute atomic E-state index is 16.3. The molecule has 9 N–H and O–H groups in total. The first-order valence-electron chi connectivity index (χ1n) is 39.5. The van der Waals surface area contributed by atoms with E-state index in [1.54, 1.807) is 212 Å². The summed E-state index contributed by atoms with van der Waals surface area (Å²) in [6, 6.07) is 53.7. The number of carbonyl (C=O) groups is 6. The van der Waals surface area contributed by atoms with E-state index in [9.17, 15) is 59.8 Å². The van der Waals surface area contributed by atoms with Crippen molar-refractivity contribution in [2.45, 2.75) is 200 Å². The molecule has 0 aromatic heterocycles. The fourth-order valence-corrected chi connectivity index (χ4v) is 15.0. The number of fused-ring (bicyclic) bond motifs is 2. The second-order valence-corrected chi connectivity index (χ2v) is 29.4. The molecule has 6 aliphatic rings. The lowest BCUT2D eigenvalue weighted by Crippen LogP contribution is -2.72. The molecule has 7 aromatic carbocycles. The lowest BCUT2D eigenvalue weighted by molar-refractivity contribution is -0.335. The highest BCUT2D eigenvalue weighted by Crippen LogP contribution is 2.42. The van der Waals surface area contributed by atoms with E-state index in [1.807, 2.05) is 6.92 Å². The van der Waals surface area contributed by atoms with Crippen LogP contribution in [0, 0.1) is 0 Å². The molecule has 0 bridgehead atoms. The number of halogens is 1. The second-order valence-electron chi connectivity index (χ2n) is 29.4. The standard InChI is InChI=1S/C85H96FN9O25/c1-2-3-39-107-69(57(86)41-88-93-87)75(101)89-58-40-59(90-81(102)108-45-50-25-11-4-12-26-50)70(118-78-63(91-82(103)109-46-51-27-13-5-14-28-51)66(98)71-60(113-78)42-94(76(116-71)55-35-21-9-22-36-55)84(105)111-48-53-31-17-7-18-32-53)74(65(58)97)120-80-68(100)73(62(44-96)115-80)119-79-64(92-83(104)110-47-52-29-15-6-16-30-52)67(99)72-61(114-79)43-95(77(117-72)56-37-23-10-24-38-56)85(106)112-49-54-33-19-8-20-34-54/h4-38,57-74,76-80,96-100H,2-3,39-49H2,1H3,(H,89,101)(H,90,102)(H,91,103)(H,92,104)/t57-,58-,59+,60-,61+,62-,63-,64-,65+,66+,67-,68-,69+,70-,71-,72-,73-,74-,76?,77?,78-,79-,80+/m1/s1. The Kier molecular flexibility index (Phi) is 30.6. The number of aliphatic hydroxyl groups is 5. The zero-order chi connectivity index (χ0) is 84.0. The largest absolute Gasteiger partial charge is 0.445 e. The molecule has 34 nitrogen and oxygen atoms in total. The van der Waals surface area contributed by atoms with E-state index in [2.05, 4.69) is 31.3 Å².